The highest BCUT2D eigenvalue weighted by atomic mass is 16.1. The molecule has 0 radical (unpaired) electrons. The van der Waals surface area contributed by atoms with Gasteiger partial charge in [0.1, 0.15) is 0 Å². The van der Waals surface area contributed by atoms with Crippen LogP contribution < -0.4 is 5.32 Å². The Morgan fingerprint density at radius 2 is 2.38 bits per heavy atom. The molecule has 0 amide bonds. The van der Waals surface area contributed by atoms with Gasteiger partial charge in [0.05, 0.1) is 19.5 Å². The van der Waals surface area contributed by atoms with Gasteiger partial charge in [-0.3, -0.25) is 4.79 Å². The summed E-state index contributed by atoms with van der Waals surface area (Å²) < 4.78 is 0. The lowest BCUT2D eigenvalue weighted by atomic mass is 10.1. The van der Waals surface area contributed by atoms with Crippen LogP contribution >= 0.6 is 0 Å². The van der Waals surface area contributed by atoms with Gasteiger partial charge in [-0.25, -0.2) is 0 Å². The van der Waals surface area contributed by atoms with Gasteiger partial charge in [-0.15, -0.1) is 10.2 Å². The Balaban J connectivity index is 2.54. The van der Waals surface area contributed by atoms with Crippen molar-refractivity contribution in [1.82, 2.24) is 25.5 Å². The fourth-order valence-electron chi connectivity index (χ4n) is 0.864. The largest absolute Gasteiger partial charge is 0.311 e. The molecule has 6 heteroatoms. The maximum atomic E-state index is 11.4. The number of likely N-dealkylation sites (N-methyl/N-ethyl adjacent to an activating group) is 1. The van der Waals surface area contributed by atoms with E-state index in [9.17, 15) is 4.79 Å². The predicted molar refractivity (Wildman–Crippen MR) is 46.0 cm³/mol. The summed E-state index contributed by atoms with van der Waals surface area (Å²) in [5, 5.41) is 14.1. The highest BCUT2D eigenvalue weighted by Gasteiger charge is 2.13. The van der Waals surface area contributed by atoms with Crippen molar-refractivity contribution in [2.24, 2.45) is 7.05 Å². The number of nitrogens with one attached hydrogen (secondary N) is 1. The summed E-state index contributed by atoms with van der Waals surface area (Å²) in [6.07, 6.45) is 0.232. The molecule has 72 valence electrons. The Morgan fingerprint density at radius 3 is 2.85 bits per heavy atom. The number of hydrogen-bond donors (Lipinski definition) is 1. The van der Waals surface area contributed by atoms with Crippen LogP contribution in [0.3, 0.4) is 0 Å². The first kappa shape index (κ1) is 9.79. The van der Waals surface area contributed by atoms with E-state index in [0.717, 1.165) is 0 Å². The lowest BCUT2D eigenvalue weighted by molar-refractivity contribution is -0.120. The van der Waals surface area contributed by atoms with E-state index >= 15 is 0 Å². The summed E-state index contributed by atoms with van der Waals surface area (Å²) in [7, 11) is 3.41. The number of Topliss-reactive ketones (excluding diaryl/α,β-unsaturated/α-hetero) is 1. The second kappa shape index (κ2) is 4.08. The third-order valence-electron chi connectivity index (χ3n) is 1.80. The number of carbonyl (C=O) groups excluding carboxylic acids is 1. The topological polar surface area (TPSA) is 72.7 Å². The number of hydrogen-bond acceptors (Lipinski definition) is 5. The Kier molecular flexibility index (Phi) is 3.07. The fraction of sp³-hybridized carbons (Fsp3) is 0.714. The smallest absolute Gasteiger partial charge is 0.182 e. The van der Waals surface area contributed by atoms with Crippen LogP contribution in [-0.4, -0.2) is 39.1 Å². The van der Waals surface area contributed by atoms with E-state index in [1.807, 2.05) is 0 Å². The van der Waals surface area contributed by atoms with E-state index in [2.05, 4.69) is 20.7 Å². The molecule has 1 N–H and O–H groups in total. The van der Waals surface area contributed by atoms with Gasteiger partial charge in [-0.1, -0.05) is 0 Å². The number of carbonyl (C=O) groups is 1. The van der Waals surface area contributed by atoms with Crippen molar-refractivity contribution in [2.75, 3.05) is 7.05 Å². The summed E-state index contributed by atoms with van der Waals surface area (Å²) in [6, 6.07) is -0.163. The molecule has 1 unspecified atom stereocenters. The van der Waals surface area contributed by atoms with Crippen molar-refractivity contribution in [3.8, 4) is 0 Å². The number of tetrazole rings is 1. The first-order valence-corrected chi connectivity index (χ1v) is 4.06. The molecule has 1 aromatic rings. The molecular formula is C7H13N5O. The maximum absolute atomic E-state index is 11.4. The maximum Gasteiger partial charge on any atom is 0.182 e. The van der Waals surface area contributed by atoms with Gasteiger partial charge >= 0.3 is 0 Å². The van der Waals surface area contributed by atoms with E-state index < -0.39 is 0 Å². The van der Waals surface area contributed by atoms with Gasteiger partial charge in [0, 0.05) is 0 Å². The molecule has 0 aromatic carbocycles. The monoisotopic (exact) mass is 183 g/mol. The zero-order valence-corrected chi connectivity index (χ0v) is 7.98. The summed E-state index contributed by atoms with van der Waals surface area (Å²) in [5.74, 6) is 0.533. The number of aryl methyl sites for hydroxylation is 1. The zero-order valence-electron chi connectivity index (χ0n) is 7.98. The summed E-state index contributed by atoms with van der Waals surface area (Å²) in [4.78, 5) is 12.7. The molecule has 1 heterocycles. The molecule has 0 spiro atoms. The normalized spacial score (nSPS) is 12.8. The minimum absolute atomic E-state index is 0.0653. The summed E-state index contributed by atoms with van der Waals surface area (Å²) in [6.45, 7) is 1.80. The molecule has 0 saturated heterocycles. The van der Waals surface area contributed by atoms with Crippen molar-refractivity contribution < 1.29 is 4.79 Å². The number of aromatic nitrogens is 4. The number of ketones is 1. The minimum atomic E-state index is -0.163. The minimum Gasteiger partial charge on any atom is -0.311 e. The number of nitrogens with zero attached hydrogens (tertiary/aromatic N) is 4. The third-order valence-corrected chi connectivity index (χ3v) is 1.80. The standard InChI is InChI=1S/C7H13N5O/c1-5(8-2)6(13)4-7-9-11-12(3)10-7/h5,8H,4H2,1-3H3. The summed E-state index contributed by atoms with van der Waals surface area (Å²) >= 11 is 0. The lowest BCUT2D eigenvalue weighted by Gasteiger charge is -2.05. The molecule has 0 aliphatic rings. The van der Waals surface area contributed by atoms with Gasteiger partial charge in [0.25, 0.3) is 0 Å². The Bertz CT molecular complexity index is 295. The van der Waals surface area contributed by atoms with Gasteiger partial charge in [-0.2, -0.15) is 4.80 Å². The first-order valence-electron chi connectivity index (χ1n) is 4.06. The van der Waals surface area contributed by atoms with Gasteiger partial charge < -0.3 is 5.32 Å². The Labute approximate surface area is 76.3 Å². The van der Waals surface area contributed by atoms with Crippen LogP contribution in [0.25, 0.3) is 0 Å². The van der Waals surface area contributed by atoms with Crippen LogP contribution in [0.15, 0.2) is 0 Å². The molecule has 1 aromatic heterocycles. The molecule has 1 rings (SSSR count). The average molecular weight is 183 g/mol. The predicted octanol–water partition coefficient (Wildman–Crippen LogP) is -1.07. The van der Waals surface area contributed by atoms with E-state index in [1.165, 1.54) is 4.80 Å². The Hall–Kier alpha value is -1.30. The van der Waals surface area contributed by atoms with Crippen molar-refractivity contribution in [3.63, 3.8) is 0 Å². The van der Waals surface area contributed by atoms with E-state index in [1.54, 1.807) is 21.0 Å². The van der Waals surface area contributed by atoms with Crippen molar-refractivity contribution in [3.05, 3.63) is 5.82 Å². The molecule has 1 atom stereocenters. The van der Waals surface area contributed by atoms with Crippen molar-refractivity contribution in [2.45, 2.75) is 19.4 Å². The van der Waals surface area contributed by atoms with E-state index in [4.69, 9.17) is 0 Å². The van der Waals surface area contributed by atoms with Crippen molar-refractivity contribution in [1.29, 1.82) is 0 Å². The Morgan fingerprint density at radius 1 is 1.69 bits per heavy atom. The summed E-state index contributed by atoms with van der Waals surface area (Å²) in [5.41, 5.74) is 0. The zero-order chi connectivity index (χ0) is 9.84. The highest BCUT2D eigenvalue weighted by Crippen LogP contribution is 1.93. The molecule has 0 aliphatic heterocycles. The van der Waals surface area contributed by atoms with Crippen LogP contribution in [0.2, 0.25) is 0 Å². The third kappa shape index (κ3) is 2.59. The van der Waals surface area contributed by atoms with Crippen LogP contribution in [-0.2, 0) is 18.3 Å². The fourth-order valence-corrected chi connectivity index (χ4v) is 0.864. The molecule has 6 nitrogen and oxygen atoms in total. The SMILES string of the molecule is CNC(C)C(=O)Cc1nnn(C)n1. The van der Waals surface area contributed by atoms with Crippen LogP contribution in [0, 0.1) is 0 Å². The highest BCUT2D eigenvalue weighted by molar-refractivity contribution is 5.84. The quantitative estimate of drug-likeness (QED) is 0.643. The van der Waals surface area contributed by atoms with Crippen LogP contribution in [0.5, 0.6) is 0 Å². The molecule has 0 fully saturated rings. The first-order chi connectivity index (χ1) is 6.13. The van der Waals surface area contributed by atoms with Gasteiger partial charge in [0.15, 0.2) is 11.6 Å². The van der Waals surface area contributed by atoms with Crippen molar-refractivity contribution >= 4 is 5.78 Å². The molecule has 13 heavy (non-hydrogen) atoms. The second-order valence-electron chi connectivity index (χ2n) is 2.85. The molecule has 0 saturated carbocycles. The average Bonchev–Trinajstić information content (AvgIpc) is 2.49. The molecule has 0 aliphatic carbocycles. The lowest BCUT2D eigenvalue weighted by Crippen LogP contribution is -2.32. The second-order valence-corrected chi connectivity index (χ2v) is 2.85. The van der Waals surface area contributed by atoms with Gasteiger partial charge in [-0.05, 0) is 19.2 Å². The van der Waals surface area contributed by atoms with E-state index in [0.29, 0.717) is 5.82 Å². The molecular weight excluding hydrogens is 170 g/mol. The van der Waals surface area contributed by atoms with Gasteiger partial charge in [0.2, 0.25) is 0 Å². The molecule has 0 bridgehead atoms. The number of rotatable bonds is 4. The van der Waals surface area contributed by atoms with Crippen LogP contribution in [0.1, 0.15) is 12.7 Å². The van der Waals surface area contributed by atoms with E-state index in [-0.39, 0.29) is 18.2 Å². The van der Waals surface area contributed by atoms with Crippen LogP contribution in [0.4, 0.5) is 0 Å².